The number of carbonyl (C=O) groups excluding carboxylic acids is 3. The standard InChI is InChI=1S/C15H15F2N3O4/c16-9-3-1-2-8(12(9)17)14(23)19-4-5-20-11(6-19)13(22)18-10(7-21)15(20)24/h1-3,10-11,21H,4-7H2,(H,18,22)/t10-,11-/m1/s1. The van der Waals surface area contributed by atoms with Crippen LogP contribution in [0.25, 0.3) is 0 Å². The number of benzene rings is 1. The minimum Gasteiger partial charge on any atom is -0.394 e. The molecule has 2 aliphatic heterocycles. The number of nitrogens with zero attached hydrogens (tertiary/aromatic N) is 2. The van der Waals surface area contributed by atoms with Crippen LogP contribution in [0, 0.1) is 11.6 Å². The van der Waals surface area contributed by atoms with Crippen molar-refractivity contribution < 1.29 is 28.3 Å². The second-order valence-electron chi connectivity index (χ2n) is 5.64. The van der Waals surface area contributed by atoms with Crippen molar-refractivity contribution in [3.63, 3.8) is 0 Å². The van der Waals surface area contributed by atoms with Crippen molar-refractivity contribution >= 4 is 17.7 Å². The molecule has 2 heterocycles. The second-order valence-corrected chi connectivity index (χ2v) is 5.64. The predicted octanol–water partition coefficient (Wildman–Crippen LogP) is -0.891. The Hall–Kier alpha value is -2.55. The summed E-state index contributed by atoms with van der Waals surface area (Å²) in [5, 5.41) is 11.5. The van der Waals surface area contributed by atoms with Gasteiger partial charge in [-0.25, -0.2) is 8.78 Å². The Kier molecular flexibility index (Phi) is 4.18. The number of amides is 3. The summed E-state index contributed by atoms with van der Waals surface area (Å²) in [5.74, 6) is -4.03. The molecular formula is C15H15F2N3O4. The van der Waals surface area contributed by atoms with Gasteiger partial charge in [0.1, 0.15) is 12.1 Å². The van der Waals surface area contributed by atoms with Gasteiger partial charge < -0.3 is 20.2 Å². The molecule has 0 spiro atoms. The zero-order valence-corrected chi connectivity index (χ0v) is 12.5. The van der Waals surface area contributed by atoms with E-state index < -0.39 is 53.6 Å². The predicted molar refractivity (Wildman–Crippen MR) is 76.8 cm³/mol. The van der Waals surface area contributed by atoms with Gasteiger partial charge in [-0.1, -0.05) is 6.07 Å². The molecule has 2 N–H and O–H groups in total. The largest absolute Gasteiger partial charge is 0.394 e. The number of halogens is 2. The molecule has 3 amide bonds. The molecule has 0 unspecified atom stereocenters. The van der Waals surface area contributed by atoms with Gasteiger partial charge in [0, 0.05) is 13.1 Å². The number of aliphatic hydroxyl groups excluding tert-OH is 1. The van der Waals surface area contributed by atoms with Crippen LogP contribution in [0.1, 0.15) is 10.4 Å². The highest BCUT2D eigenvalue weighted by molar-refractivity contribution is 5.99. The molecule has 0 radical (unpaired) electrons. The van der Waals surface area contributed by atoms with E-state index in [1.165, 1.54) is 21.9 Å². The van der Waals surface area contributed by atoms with Crippen LogP contribution in [0.3, 0.4) is 0 Å². The molecule has 0 aromatic heterocycles. The monoisotopic (exact) mass is 339 g/mol. The molecule has 128 valence electrons. The van der Waals surface area contributed by atoms with E-state index in [0.29, 0.717) is 0 Å². The number of carbonyl (C=O) groups is 3. The van der Waals surface area contributed by atoms with Crippen LogP contribution < -0.4 is 5.32 Å². The number of hydrogen-bond donors (Lipinski definition) is 2. The molecule has 1 aromatic carbocycles. The Labute approximate surface area is 135 Å². The molecule has 3 rings (SSSR count). The van der Waals surface area contributed by atoms with E-state index in [4.69, 9.17) is 5.11 Å². The van der Waals surface area contributed by atoms with Crippen molar-refractivity contribution in [2.45, 2.75) is 12.1 Å². The smallest absolute Gasteiger partial charge is 0.257 e. The van der Waals surface area contributed by atoms with E-state index in [0.717, 1.165) is 6.07 Å². The Bertz CT molecular complexity index is 712. The van der Waals surface area contributed by atoms with Crippen LogP contribution in [0.15, 0.2) is 18.2 Å². The number of hydrogen-bond acceptors (Lipinski definition) is 4. The summed E-state index contributed by atoms with van der Waals surface area (Å²) < 4.78 is 27.1. The van der Waals surface area contributed by atoms with Gasteiger partial charge in [0.05, 0.1) is 18.7 Å². The summed E-state index contributed by atoms with van der Waals surface area (Å²) in [4.78, 5) is 39.1. The van der Waals surface area contributed by atoms with Crippen LogP contribution in [0.4, 0.5) is 8.78 Å². The third kappa shape index (κ3) is 2.60. The van der Waals surface area contributed by atoms with Gasteiger partial charge in [-0.2, -0.15) is 0 Å². The van der Waals surface area contributed by atoms with Crippen molar-refractivity contribution in [2.75, 3.05) is 26.2 Å². The number of fused-ring (bicyclic) bond motifs is 1. The van der Waals surface area contributed by atoms with Crippen LogP contribution in [0.2, 0.25) is 0 Å². The van der Waals surface area contributed by atoms with Crippen LogP contribution in [-0.2, 0) is 9.59 Å². The molecule has 1 aromatic rings. The summed E-state index contributed by atoms with van der Waals surface area (Å²) in [6.07, 6.45) is 0. The molecule has 0 saturated carbocycles. The fraction of sp³-hybridized carbons (Fsp3) is 0.400. The first kappa shape index (κ1) is 16.3. The van der Waals surface area contributed by atoms with Crippen molar-refractivity contribution in [3.05, 3.63) is 35.4 Å². The minimum atomic E-state index is -1.24. The number of rotatable bonds is 2. The summed E-state index contributed by atoms with van der Waals surface area (Å²) in [6, 6.07) is 1.41. The van der Waals surface area contributed by atoms with E-state index in [1.54, 1.807) is 0 Å². The van der Waals surface area contributed by atoms with Crippen LogP contribution in [0.5, 0.6) is 0 Å². The average molecular weight is 339 g/mol. The highest BCUT2D eigenvalue weighted by Crippen LogP contribution is 2.20. The highest BCUT2D eigenvalue weighted by atomic mass is 19.2. The van der Waals surface area contributed by atoms with Gasteiger partial charge in [-0.05, 0) is 12.1 Å². The fourth-order valence-corrected chi connectivity index (χ4v) is 2.95. The number of nitrogens with one attached hydrogen (secondary N) is 1. The maximum Gasteiger partial charge on any atom is 0.257 e. The lowest BCUT2D eigenvalue weighted by molar-refractivity contribution is -0.153. The van der Waals surface area contributed by atoms with E-state index in [2.05, 4.69) is 5.32 Å². The SMILES string of the molecule is O=C1N[C@H](CO)C(=O)N2CCN(C(=O)c3cccc(F)c3F)C[C@H]12. The van der Waals surface area contributed by atoms with Crippen molar-refractivity contribution in [2.24, 2.45) is 0 Å². The number of piperazine rings is 2. The van der Waals surface area contributed by atoms with Gasteiger partial charge in [-0.3, -0.25) is 14.4 Å². The fourth-order valence-electron chi connectivity index (χ4n) is 2.95. The Morgan fingerprint density at radius 2 is 2.04 bits per heavy atom. The first-order valence-corrected chi connectivity index (χ1v) is 7.39. The molecule has 2 fully saturated rings. The molecule has 2 atom stereocenters. The zero-order valence-electron chi connectivity index (χ0n) is 12.5. The van der Waals surface area contributed by atoms with E-state index in [1.807, 2.05) is 0 Å². The summed E-state index contributed by atoms with van der Waals surface area (Å²) in [5.41, 5.74) is -0.417. The Morgan fingerprint density at radius 1 is 1.29 bits per heavy atom. The van der Waals surface area contributed by atoms with Crippen molar-refractivity contribution in [1.82, 2.24) is 15.1 Å². The van der Waals surface area contributed by atoms with Crippen LogP contribution in [-0.4, -0.2) is 71.0 Å². The van der Waals surface area contributed by atoms with E-state index in [-0.39, 0.29) is 19.6 Å². The lowest BCUT2D eigenvalue weighted by Crippen LogP contribution is -2.70. The van der Waals surface area contributed by atoms with Gasteiger partial charge in [0.15, 0.2) is 11.6 Å². The molecule has 24 heavy (non-hydrogen) atoms. The lowest BCUT2D eigenvalue weighted by atomic mass is 10.0. The summed E-state index contributed by atoms with van der Waals surface area (Å²) in [7, 11) is 0. The van der Waals surface area contributed by atoms with Crippen molar-refractivity contribution in [3.8, 4) is 0 Å². The summed E-state index contributed by atoms with van der Waals surface area (Å²) in [6.45, 7) is -0.464. The Morgan fingerprint density at radius 3 is 2.75 bits per heavy atom. The first-order chi connectivity index (χ1) is 11.4. The average Bonchev–Trinajstić information content (AvgIpc) is 2.59. The molecule has 0 aliphatic carbocycles. The molecule has 2 aliphatic rings. The molecule has 9 heteroatoms. The third-order valence-electron chi connectivity index (χ3n) is 4.23. The molecule has 7 nitrogen and oxygen atoms in total. The van der Waals surface area contributed by atoms with Crippen molar-refractivity contribution in [1.29, 1.82) is 0 Å². The minimum absolute atomic E-state index is 0.0795. The zero-order chi connectivity index (χ0) is 17.4. The molecule has 2 saturated heterocycles. The second kappa shape index (κ2) is 6.16. The highest BCUT2D eigenvalue weighted by Gasteiger charge is 2.44. The van der Waals surface area contributed by atoms with Gasteiger partial charge in [-0.15, -0.1) is 0 Å². The van der Waals surface area contributed by atoms with Gasteiger partial charge in [0.2, 0.25) is 11.8 Å². The normalized spacial score (nSPS) is 23.8. The first-order valence-electron chi connectivity index (χ1n) is 7.39. The Balaban J connectivity index is 1.80. The van der Waals surface area contributed by atoms with E-state index >= 15 is 0 Å². The molecular weight excluding hydrogens is 324 g/mol. The third-order valence-corrected chi connectivity index (χ3v) is 4.23. The topological polar surface area (TPSA) is 89.9 Å². The maximum atomic E-state index is 13.8. The summed E-state index contributed by atoms with van der Waals surface area (Å²) >= 11 is 0. The van der Waals surface area contributed by atoms with E-state index in [9.17, 15) is 23.2 Å². The van der Waals surface area contributed by atoms with Crippen LogP contribution >= 0.6 is 0 Å². The lowest BCUT2D eigenvalue weighted by Gasteiger charge is -2.44. The van der Waals surface area contributed by atoms with Gasteiger partial charge in [0.25, 0.3) is 5.91 Å². The molecule has 0 bridgehead atoms. The quantitative estimate of drug-likeness (QED) is 0.731. The van der Waals surface area contributed by atoms with Gasteiger partial charge >= 0.3 is 0 Å². The maximum absolute atomic E-state index is 13.8. The number of aliphatic hydroxyl groups is 1.